The van der Waals surface area contributed by atoms with E-state index in [4.69, 9.17) is 10.6 Å². The Morgan fingerprint density at radius 1 is 1.27 bits per heavy atom. The highest BCUT2D eigenvalue weighted by atomic mass is 16.5. The molecule has 1 atom stereocenters. The van der Waals surface area contributed by atoms with Gasteiger partial charge in [0.1, 0.15) is 5.75 Å². The molecule has 0 aliphatic heterocycles. The van der Waals surface area contributed by atoms with Crippen molar-refractivity contribution in [2.75, 3.05) is 5.32 Å². The standard InChI is InChI=1S/C19H23N3O4/c1-12(2)26-17-8-5-14(9-15(17)11-23)18(19(24)25)22-16-6-3-13(4-7-16)10-21-20/h3-10,12,18,22-23H,11,20H2,1-2H3,(H,24,25). The smallest absolute Gasteiger partial charge is 0.330 e. The second kappa shape index (κ2) is 8.87. The van der Waals surface area contributed by atoms with Gasteiger partial charge in [-0.1, -0.05) is 18.2 Å². The first-order chi connectivity index (χ1) is 12.4. The van der Waals surface area contributed by atoms with Gasteiger partial charge in [0.05, 0.1) is 18.9 Å². The fourth-order valence-electron chi connectivity index (χ4n) is 2.48. The average Bonchev–Trinajstić information content (AvgIpc) is 2.61. The van der Waals surface area contributed by atoms with Crippen molar-refractivity contribution in [3.05, 3.63) is 59.2 Å². The summed E-state index contributed by atoms with van der Waals surface area (Å²) in [4.78, 5) is 11.7. The molecule has 0 aliphatic carbocycles. The second-order valence-corrected chi connectivity index (χ2v) is 6.01. The summed E-state index contributed by atoms with van der Waals surface area (Å²) in [5, 5.41) is 25.6. The number of nitrogens with two attached hydrogens (primary N) is 1. The Balaban J connectivity index is 2.27. The van der Waals surface area contributed by atoms with E-state index in [9.17, 15) is 15.0 Å². The van der Waals surface area contributed by atoms with Crippen LogP contribution in [0.1, 0.15) is 36.6 Å². The van der Waals surface area contributed by atoms with Gasteiger partial charge in [0.2, 0.25) is 0 Å². The molecule has 0 bridgehead atoms. The van der Waals surface area contributed by atoms with Gasteiger partial charge in [0.25, 0.3) is 0 Å². The van der Waals surface area contributed by atoms with Gasteiger partial charge in [-0.2, -0.15) is 5.10 Å². The van der Waals surface area contributed by atoms with Crippen molar-refractivity contribution in [2.24, 2.45) is 10.9 Å². The van der Waals surface area contributed by atoms with Crippen LogP contribution in [0.5, 0.6) is 5.75 Å². The normalized spacial score (nSPS) is 12.3. The van der Waals surface area contributed by atoms with Crippen LogP contribution in [0.3, 0.4) is 0 Å². The molecular weight excluding hydrogens is 334 g/mol. The number of aliphatic carboxylic acids is 1. The number of anilines is 1. The average molecular weight is 357 g/mol. The number of nitrogens with zero attached hydrogens (tertiary/aromatic N) is 1. The van der Waals surface area contributed by atoms with Crippen molar-refractivity contribution in [2.45, 2.75) is 32.6 Å². The molecule has 5 N–H and O–H groups in total. The van der Waals surface area contributed by atoms with Crippen LogP contribution in [0.2, 0.25) is 0 Å². The molecule has 1 unspecified atom stereocenters. The van der Waals surface area contributed by atoms with E-state index in [1.807, 2.05) is 13.8 Å². The fourth-order valence-corrected chi connectivity index (χ4v) is 2.48. The number of aliphatic hydroxyl groups excluding tert-OH is 1. The molecule has 0 fully saturated rings. The van der Waals surface area contributed by atoms with Crippen molar-refractivity contribution in [1.82, 2.24) is 0 Å². The van der Waals surface area contributed by atoms with Crippen molar-refractivity contribution in [1.29, 1.82) is 0 Å². The van der Waals surface area contributed by atoms with Crippen LogP contribution in [0.15, 0.2) is 47.6 Å². The third-order valence-corrected chi connectivity index (χ3v) is 3.64. The van der Waals surface area contributed by atoms with E-state index in [1.54, 1.807) is 42.5 Å². The Morgan fingerprint density at radius 2 is 1.96 bits per heavy atom. The molecule has 0 aliphatic rings. The molecule has 0 aromatic heterocycles. The van der Waals surface area contributed by atoms with Gasteiger partial charge in [-0.15, -0.1) is 0 Å². The van der Waals surface area contributed by atoms with Crippen LogP contribution < -0.4 is 15.9 Å². The van der Waals surface area contributed by atoms with E-state index < -0.39 is 12.0 Å². The molecule has 0 amide bonds. The molecule has 7 nitrogen and oxygen atoms in total. The van der Waals surface area contributed by atoms with E-state index in [0.717, 1.165) is 5.56 Å². The summed E-state index contributed by atoms with van der Waals surface area (Å²) in [6.45, 7) is 3.53. The van der Waals surface area contributed by atoms with Crippen molar-refractivity contribution < 1.29 is 19.7 Å². The number of aliphatic hydroxyl groups is 1. The SMILES string of the molecule is CC(C)Oc1ccc(C(Nc2ccc(C=NN)cc2)C(=O)O)cc1CO. The lowest BCUT2D eigenvalue weighted by atomic mass is 10.0. The second-order valence-electron chi connectivity index (χ2n) is 6.01. The quantitative estimate of drug-likeness (QED) is 0.328. The van der Waals surface area contributed by atoms with Crippen LogP contribution in [0.4, 0.5) is 5.69 Å². The number of ether oxygens (including phenoxy) is 1. The minimum absolute atomic E-state index is 0.0462. The van der Waals surface area contributed by atoms with E-state index in [-0.39, 0.29) is 12.7 Å². The summed E-state index contributed by atoms with van der Waals surface area (Å²) in [5.41, 5.74) is 2.51. The monoisotopic (exact) mass is 357 g/mol. The van der Waals surface area contributed by atoms with Gasteiger partial charge < -0.3 is 26.1 Å². The zero-order valence-corrected chi connectivity index (χ0v) is 14.7. The minimum Gasteiger partial charge on any atom is -0.491 e. The van der Waals surface area contributed by atoms with E-state index in [2.05, 4.69) is 10.4 Å². The molecule has 0 radical (unpaired) electrons. The van der Waals surface area contributed by atoms with Crippen molar-refractivity contribution >= 4 is 17.9 Å². The predicted molar refractivity (Wildman–Crippen MR) is 100 cm³/mol. The number of hydrogen-bond acceptors (Lipinski definition) is 6. The molecule has 138 valence electrons. The van der Waals surface area contributed by atoms with Crippen LogP contribution in [-0.2, 0) is 11.4 Å². The largest absolute Gasteiger partial charge is 0.491 e. The summed E-state index contributed by atoms with van der Waals surface area (Å²) in [6.07, 6.45) is 1.45. The molecular formula is C19H23N3O4. The van der Waals surface area contributed by atoms with Crippen molar-refractivity contribution in [3.63, 3.8) is 0 Å². The lowest BCUT2D eigenvalue weighted by molar-refractivity contribution is -0.138. The summed E-state index contributed by atoms with van der Waals surface area (Å²) < 4.78 is 5.64. The summed E-state index contributed by atoms with van der Waals surface area (Å²) >= 11 is 0. The highest BCUT2D eigenvalue weighted by Gasteiger charge is 2.21. The lowest BCUT2D eigenvalue weighted by Gasteiger charge is -2.19. The van der Waals surface area contributed by atoms with E-state index in [1.165, 1.54) is 6.21 Å². The maximum Gasteiger partial charge on any atom is 0.330 e. The molecule has 2 rings (SSSR count). The van der Waals surface area contributed by atoms with Crippen LogP contribution >= 0.6 is 0 Å². The Morgan fingerprint density at radius 3 is 2.50 bits per heavy atom. The molecule has 0 saturated heterocycles. The van der Waals surface area contributed by atoms with Gasteiger partial charge >= 0.3 is 5.97 Å². The molecule has 2 aromatic rings. The fraction of sp³-hybridized carbons (Fsp3) is 0.263. The first kappa shape index (κ1) is 19.3. The molecule has 7 heteroatoms. The highest BCUT2D eigenvalue weighted by Crippen LogP contribution is 2.27. The van der Waals surface area contributed by atoms with Crippen LogP contribution in [0.25, 0.3) is 0 Å². The van der Waals surface area contributed by atoms with E-state index in [0.29, 0.717) is 22.6 Å². The Bertz CT molecular complexity index is 773. The van der Waals surface area contributed by atoms with Crippen LogP contribution in [0, 0.1) is 0 Å². The van der Waals surface area contributed by atoms with Gasteiger partial charge in [0.15, 0.2) is 6.04 Å². The molecule has 0 heterocycles. The number of carbonyl (C=O) groups is 1. The van der Waals surface area contributed by atoms with Gasteiger partial charge in [-0.05, 0) is 49.2 Å². The van der Waals surface area contributed by atoms with Gasteiger partial charge in [0, 0.05) is 11.3 Å². The molecule has 26 heavy (non-hydrogen) atoms. The summed E-state index contributed by atoms with van der Waals surface area (Å²) in [6, 6.07) is 11.1. The zero-order chi connectivity index (χ0) is 19.1. The van der Waals surface area contributed by atoms with Crippen molar-refractivity contribution in [3.8, 4) is 5.75 Å². The number of hydrogen-bond donors (Lipinski definition) is 4. The third-order valence-electron chi connectivity index (χ3n) is 3.64. The number of rotatable bonds is 8. The minimum atomic E-state index is -1.03. The van der Waals surface area contributed by atoms with Gasteiger partial charge in [-0.3, -0.25) is 0 Å². The van der Waals surface area contributed by atoms with E-state index >= 15 is 0 Å². The topological polar surface area (TPSA) is 117 Å². The first-order valence-corrected chi connectivity index (χ1v) is 8.17. The predicted octanol–water partition coefficient (Wildman–Crippen LogP) is 2.50. The maximum absolute atomic E-state index is 11.7. The Hall–Kier alpha value is -3.06. The maximum atomic E-state index is 11.7. The highest BCUT2D eigenvalue weighted by molar-refractivity contribution is 5.82. The molecule has 0 spiro atoms. The first-order valence-electron chi connectivity index (χ1n) is 8.17. The summed E-state index contributed by atoms with van der Waals surface area (Å²) in [7, 11) is 0. The number of carboxylic acids is 1. The van der Waals surface area contributed by atoms with Gasteiger partial charge in [-0.25, -0.2) is 4.79 Å². The number of carboxylic acid groups (broad SMARTS) is 1. The van der Waals surface area contributed by atoms with Crippen LogP contribution in [-0.4, -0.2) is 28.5 Å². The third kappa shape index (κ3) is 4.97. The number of benzene rings is 2. The number of hydrazone groups is 1. The lowest BCUT2D eigenvalue weighted by Crippen LogP contribution is -2.21. The Labute approximate surface area is 152 Å². The number of nitrogens with one attached hydrogen (secondary N) is 1. The molecule has 2 aromatic carbocycles. The summed E-state index contributed by atoms with van der Waals surface area (Å²) in [5.74, 6) is 4.62. The Kier molecular flexibility index (Phi) is 6.57. The zero-order valence-electron chi connectivity index (χ0n) is 14.7. The molecule has 0 saturated carbocycles.